The summed E-state index contributed by atoms with van der Waals surface area (Å²) in [6.45, 7) is 5.89. The number of rotatable bonds is 7. The number of hydrogen-bond donors (Lipinski definition) is 0. The van der Waals surface area contributed by atoms with E-state index >= 15 is 0 Å². The highest BCUT2D eigenvalue weighted by Gasteiger charge is 2.46. The molecule has 2 aliphatic heterocycles. The second-order valence-corrected chi connectivity index (χ2v) is 18.2. The maximum absolute atomic E-state index is 9.95. The predicted octanol–water partition coefficient (Wildman–Crippen LogP) is 15.4. The third-order valence-corrected chi connectivity index (χ3v) is 13.1. The van der Waals surface area contributed by atoms with E-state index in [-0.39, 0.29) is 54.4 Å². The van der Waals surface area contributed by atoms with Crippen molar-refractivity contribution >= 4 is 40.2 Å². The smallest absolute Gasteiger partial charge is 0.258 e. The topological polar surface area (TPSA) is 12.5 Å². The summed E-state index contributed by atoms with van der Waals surface area (Å²) in [6.07, 6.45) is 0. The summed E-state index contributed by atoms with van der Waals surface area (Å²) in [7, 11) is 0. The molecule has 0 bridgehead atoms. The van der Waals surface area contributed by atoms with Crippen LogP contribution in [0.15, 0.2) is 236 Å². The molecule has 0 amide bonds. The fourth-order valence-corrected chi connectivity index (χ4v) is 9.91. The number of ether oxygens (including phenoxy) is 1. The molecule has 0 spiro atoms. The normalized spacial score (nSPS) is 14.3. The van der Waals surface area contributed by atoms with E-state index in [4.69, 9.17) is 13.0 Å². The van der Waals surface area contributed by atoms with Gasteiger partial charge in [0, 0.05) is 22.5 Å². The number of para-hydroxylation sites is 1. The van der Waals surface area contributed by atoms with Crippen molar-refractivity contribution in [1.29, 1.82) is 0 Å². The van der Waals surface area contributed by atoms with Gasteiger partial charge in [0.15, 0.2) is 0 Å². The van der Waals surface area contributed by atoms with Gasteiger partial charge in [0.2, 0.25) is 0 Å². The monoisotopic (exact) mass is 866 g/mol. The highest BCUT2D eigenvalue weighted by Crippen LogP contribution is 2.52. The van der Waals surface area contributed by atoms with Crippen LogP contribution in [0.25, 0.3) is 66.8 Å². The van der Waals surface area contributed by atoms with Gasteiger partial charge >= 0.3 is 0 Å². The van der Waals surface area contributed by atoms with Gasteiger partial charge in [-0.25, -0.2) is 0 Å². The summed E-state index contributed by atoms with van der Waals surface area (Å²) in [5.41, 5.74) is 13.4. The van der Waals surface area contributed by atoms with E-state index in [9.17, 15) is 4.11 Å². The fourth-order valence-electron chi connectivity index (χ4n) is 9.91. The molecule has 0 radical (unpaired) electrons. The molecule has 2 aliphatic rings. The number of fused-ring (bicyclic) bond motifs is 4. The van der Waals surface area contributed by atoms with Gasteiger partial charge < -0.3 is 9.64 Å². The minimum atomic E-state index is -0.563. The number of nitrogens with zero attached hydrogens (tertiary/aromatic N) is 1. The van der Waals surface area contributed by atoms with E-state index in [1.165, 1.54) is 0 Å². The van der Waals surface area contributed by atoms with Crippen LogP contribution in [-0.2, 0) is 5.41 Å². The Kier molecular flexibility index (Phi) is 7.75. The number of anilines is 3. The minimum absolute atomic E-state index is 0.0564. The summed E-state index contributed by atoms with van der Waals surface area (Å²) in [5.74, 6) is 1.17. The van der Waals surface area contributed by atoms with E-state index in [2.05, 4.69) is 80.3 Å². The van der Waals surface area contributed by atoms with Crippen LogP contribution < -0.4 is 26.0 Å². The Morgan fingerprint density at radius 3 is 1.31 bits per heavy atom. The number of hydrogen-bond acceptors (Lipinski definition) is 2. The highest BCUT2D eigenvalue weighted by atomic mass is 16.5. The molecule has 0 saturated heterocycles. The molecule has 0 unspecified atom stereocenters. The zero-order valence-corrected chi connectivity index (χ0v) is 37.3. The van der Waals surface area contributed by atoms with Crippen LogP contribution >= 0.6 is 0 Å². The summed E-state index contributed by atoms with van der Waals surface area (Å²) in [6, 6.07) is 57.5. The zero-order valence-electron chi connectivity index (χ0n) is 46.3. The van der Waals surface area contributed by atoms with Crippen molar-refractivity contribution in [3.63, 3.8) is 0 Å². The van der Waals surface area contributed by atoms with Gasteiger partial charge in [0.25, 0.3) is 6.71 Å². The maximum Gasteiger partial charge on any atom is 0.258 e. The molecule has 0 atom stereocenters. The molecule has 2 nitrogen and oxygen atoms in total. The van der Waals surface area contributed by atoms with E-state index in [1.807, 2.05) is 103 Å². The molecule has 318 valence electrons. The van der Waals surface area contributed by atoms with Crippen LogP contribution in [0.4, 0.5) is 17.1 Å². The van der Waals surface area contributed by atoms with Crippen LogP contribution in [0.3, 0.4) is 0 Å². The average molecular weight is 867 g/mol. The average Bonchev–Trinajstić information content (AvgIpc) is 3.47. The largest absolute Gasteiger partial charge is 0.458 e. The second-order valence-electron chi connectivity index (χ2n) is 18.2. The first kappa shape index (κ1) is 31.7. The first-order valence-corrected chi connectivity index (χ1v) is 22.6. The lowest BCUT2D eigenvalue weighted by atomic mass is 9.32. The third-order valence-electron chi connectivity index (χ3n) is 13.1. The zero-order chi connectivity index (χ0) is 52.9. The van der Waals surface area contributed by atoms with Gasteiger partial charge in [-0.15, -0.1) is 0 Å². The SMILES string of the molecule is [2H]c1cc(-c2cc3c(c(-c4ccccc4)c2)B2c4c(cc(C(C)(C)C)cc4N(c4c(-c5ccccc5)c([2H])c([2H])c([2H])c4-c4ccccc4)c4cc(-c5cc([2H])c([2H])c([2H])c5)cc(-c5ccccc5)c42)O3)cc([2H])c1[2H]. The highest BCUT2D eigenvalue weighted by molar-refractivity contribution is 7.01. The lowest BCUT2D eigenvalue weighted by Crippen LogP contribution is -2.60. The lowest BCUT2D eigenvalue weighted by Gasteiger charge is -2.44. The molecule has 10 aromatic rings. The molecule has 3 heteroatoms. The second kappa shape index (κ2) is 16.4. The number of benzene rings is 10. The van der Waals surface area contributed by atoms with Crippen LogP contribution in [0.5, 0.6) is 11.5 Å². The van der Waals surface area contributed by atoms with Gasteiger partial charge in [-0.1, -0.05) is 221 Å². The molecule has 2 heterocycles. The third kappa shape index (κ3) is 7.07. The van der Waals surface area contributed by atoms with E-state index in [0.29, 0.717) is 67.4 Å². The van der Waals surface area contributed by atoms with Crippen molar-refractivity contribution in [2.75, 3.05) is 4.90 Å². The molecule has 0 aliphatic carbocycles. The summed E-state index contributed by atoms with van der Waals surface area (Å²) in [5, 5.41) is 0. The van der Waals surface area contributed by atoms with Crippen molar-refractivity contribution in [2.45, 2.75) is 26.2 Å². The standard InChI is InChI=1S/C64H48BNO/c1-64(2,3)51-41-57-62-59(42-51)67-58-40-50(44-25-12-5-13-26-44)38-55(48-33-20-9-21-34-48)61(58)65(62)60-54(47-31-18-8-19-32-47)37-49(43-23-10-4-11-24-43)39-56(60)66(57)63-52(45-27-14-6-15-28-45)35-22-36-53(63)46-29-16-7-17-30-46/h4-42H,1-3H3/i4D,5D,10D,11D,12D,13D,22D,35D,36D. The van der Waals surface area contributed by atoms with E-state index < -0.39 is 12.1 Å². The molecular formula is C64H48BNO. The summed E-state index contributed by atoms with van der Waals surface area (Å²) >= 11 is 0. The van der Waals surface area contributed by atoms with Crippen LogP contribution in [0.1, 0.15) is 38.7 Å². The molecular weight excluding hydrogens is 810 g/mol. The van der Waals surface area contributed by atoms with Crippen molar-refractivity contribution < 1.29 is 17.1 Å². The quantitative estimate of drug-likeness (QED) is 0.148. The van der Waals surface area contributed by atoms with Crippen molar-refractivity contribution in [3.8, 4) is 78.3 Å². The lowest BCUT2D eigenvalue weighted by molar-refractivity contribution is 0.483. The molecule has 12 rings (SSSR count). The molecule has 0 fully saturated rings. The Balaban J connectivity index is 1.31. The van der Waals surface area contributed by atoms with Crippen molar-refractivity contribution in [2.24, 2.45) is 0 Å². The first-order valence-electron chi connectivity index (χ1n) is 27.1. The Morgan fingerprint density at radius 2 is 0.821 bits per heavy atom. The fraction of sp³-hybridized carbons (Fsp3) is 0.0625. The summed E-state index contributed by atoms with van der Waals surface area (Å²) in [4.78, 5) is 2.18. The molecule has 10 aromatic carbocycles. The minimum Gasteiger partial charge on any atom is -0.458 e. The molecule has 0 N–H and O–H groups in total. The van der Waals surface area contributed by atoms with Gasteiger partial charge in [0.1, 0.15) is 11.5 Å². The van der Waals surface area contributed by atoms with Gasteiger partial charge in [-0.05, 0) is 119 Å². The van der Waals surface area contributed by atoms with Gasteiger partial charge in [0.05, 0.1) is 18.0 Å². The maximum atomic E-state index is 9.95. The predicted molar refractivity (Wildman–Crippen MR) is 284 cm³/mol. The Hall–Kier alpha value is -8.14. The van der Waals surface area contributed by atoms with E-state index in [1.54, 1.807) is 24.3 Å². The van der Waals surface area contributed by atoms with Crippen LogP contribution in [0, 0.1) is 0 Å². The van der Waals surface area contributed by atoms with Crippen LogP contribution in [-0.4, -0.2) is 6.71 Å². The Morgan fingerprint density at radius 1 is 0.388 bits per heavy atom. The molecule has 0 aromatic heterocycles. The first-order chi connectivity index (χ1) is 36.6. The van der Waals surface area contributed by atoms with E-state index in [0.717, 1.165) is 49.9 Å². The van der Waals surface area contributed by atoms with Crippen molar-refractivity contribution in [1.82, 2.24) is 0 Å². The van der Waals surface area contributed by atoms with Gasteiger partial charge in [-0.2, -0.15) is 0 Å². The van der Waals surface area contributed by atoms with Crippen LogP contribution in [0.2, 0.25) is 0 Å². The van der Waals surface area contributed by atoms with Gasteiger partial charge in [-0.3, -0.25) is 0 Å². The Bertz CT molecular complexity index is 3880. The molecule has 0 saturated carbocycles. The Labute approximate surface area is 407 Å². The summed E-state index contributed by atoms with van der Waals surface area (Å²) < 4.78 is 88.9. The van der Waals surface area contributed by atoms with Crippen molar-refractivity contribution in [3.05, 3.63) is 242 Å². The molecule has 67 heavy (non-hydrogen) atoms.